The Morgan fingerprint density at radius 3 is 2.81 bits per heavy atom. The molecule has 0 spiro atoms. The predicted molar refractivity (Wildman–Crippen MR) is 97.9 cm³/mol. The van der Waals surface area contributed by atoms with E-state index in [1.54, 1.807) is 21.8 Å². The smallest absolute Gasteiger partial charge is 0.278 e. The number of aromatic nitrogens is 4. The van der Waals surface area contributed by atoms with Gasteiger partial charge in [0.25, 0.3) is 5.91 Å². The Kier molecular flexibility index (Phi) is 4.45. The van der Waals surface area contributed by atoms with Gasteiger partial charge in [-0.15, -0.1) is 0 Å². The van der Waals surface area contributed by atoms with E-state index < -0.39 is 0 Å². The SMILES string of the molecule is COc1cncc(N2C(=O)c3cc(COc4ccccc4)nn3C[C@H]2C)n1. The largest absolute Gasteiger partial charge is 0.487 e. The highest BCUT2D eigenvalue weighted by atomic mass is 16.5. The summed E-state index contributed by atoms with van der Waals surface area (Å²) < 4.78 is 12.6. The van der Waals surface area contributed by atoms with E-state index in [0.717, 1.165) is 5.75 Å². The summed E-state index contributed by atoms with van der Waals surface area (Å²) in [5, 5.41) is 4.51. The molecule has 1 amide bonds. The van der Waals surface area contributed by atoms with Crippen LogP contribution in [0.3, 0.4) is 0 Å². The van der Waals surface area contributed by atoms with E-state index in [2.05, 4.69) is 15.1 Å². The van der Waals surface area contributed by atoms with Crippen LogP contribution >= 0.6 is 0 Å². The first-order chi connectivity index (χ1) is 13.2. The predicted octanol–water partition coefficient (Wildman–Crippen LogP) is 2.31. The van der Waals surface area contributed by atoms with Crippen molar-refractivity contribution in [2.45, 2.75) is 26.1 Å². The molecule has 3 heterocycles. The number of nitrogens with zero attached hydrogens (tertiary/aromatic N) is 5. The van der Waals surface area contributed by atoms with E-state index in [9.17, 15) is 4.79 Å². The average molecular weight is 365 g/mol. The zero-order valence-electron chi connectivity index (χ0n) is 15.1. The molecule has 3 aromatic rings. The molecule has 0 unspecified atom stereocenters. The molecule has 8 nitrogen and oxygen atoms in total. The summed E-state index contributed by atoms with van der Waals surface area (Å²) in [5.74, 6) is 1.41. The zero-order chi connectivity index (χ0) is 18.8. The summed E-state index contributed by atoms with van der Waals surface area (Å²) >= 11 is 0. The van der Waals surface area contributed by atoms with E-state index in [-0.39, 0.29) is 11.9 Å². The van der Waals surface area contributed by atoms with Crippen LogP contribution in [0.2, 0.25) is 0 Å². The lowest BCUT2D eigenvalue weighted by atomic mass is 10.2. The molecule has 1 atom stereocenters. The number of carbonyl (C=O) groups excluding carboxylic acids is 1. The normalized spacial score (nSPS) is 16.1. The van der Waals surface area contributed by atoms with Gasteiger partial charge in [-0.3, -0.25) is 19.4 Å². The second-order valence-electron chi connectivity index (χ2n) is 6.25. The number of anilines is 1. The highest BCUT2D eigenvalue weighted by molar-refractivity contribution is 6.05. The third kappa shape index (κ3) is 3.33. The Bertz CT molecular complexity index is 957. The monoisotopic (exact) mass is 365 g/mol. The Morgan fingerprint density at radius 2 is 2.04 bits per heavy atom. The Balaban J connectivity index is 1.57. The number of amides is 1. The van der Waals surface area contributed by atoms with Crippen LogP contribution in [0.4, 0.5) is 5.82 Å². The number of methoxy groups -OCH3 is 1. The highest BCUT2D eigenvalue weighted by Crippen LogP contribution is 2.25. The topological polar surface area (TPSA) is 82.4 Å². The number of benzene rings is 1. The van der Waals surface area contributed by atoms with Crippen molar-refractivity contribution in [1.82, 2.24) is 19.7 Å². The van der Waals surface area contributed by atoms with Crippen molar-refractivity contribution in [3.8, 4) is 11.6 Å². The molecule has 0 N–H and O–H groups in total. The number of fused-ring (bicyclic) bond motifs is 1. The molecule has 0 radical (unpaired) electrons. The van der Waals surface area contributed by atoms with Gasteiger partial charge in [0.1, 0.15) is 23.7 Å². The fourth-order valence-electron chi connectivity index (χ4n) is 3.06. The lowest BCUT2D eigenvalue weighted by molar-refractivity contribution is 0.0945. The first-order valence-corrected chi connectivity index (χ1v) is 8.60. The average Bonchev–Trinajstić information content (AvgIpc) is 3.10. The van der Waals surface area contributed by atoms with Gasteiger partial charge in [-0.2, -0.15) is 10.1 Å². The summed E-state index contributed by atoms with van der Waals surface area (Å²) in [5.41, 5.74) is 1.21. The molecule has 0 aliphatic carbocycles. The number of ether oxygens (including phenoxy) is 2. The van der Waals surface area contributed by atoms with Crippen molar-refractivity contribution in [3.05, 3.63) is 60.2 Å². The van der Waals surface area contributed by atoms with Crippen LogP contribution in [-0.2, 0) is 13.2 Å². The summed E-state index contributed by atoms with van der Waals surface area (Å²) in [4.78, 5) is 23.1. The van der Waals surface area contributed by atoms with Gasteiger partial charge < -0.3 is 9.47 Å². The van der Waals surface area contributed by atoms with E-state index in [0.29, 0.717) is 36.2 Å². The first kappa shape index (κ1) is 17.0. The standard InChI is InChI=1S/C19H19N5O3/c1-13-11-23-16(8-14(22-23)12-27-15-6-4-3-5-7-15)19(25)24(13)17-9-20-10-18(21-17)26-2/h3-10,13H,11-12H2,1-2H3/t13-/m1/s1. The Hall–Kier alpha value is -3.42. The van der Waals surface area contributed by atoms with Crippen LogP contribution in [0.15, 0.2) is 48.8 Å². The lowest BCUT2D eigenvalue weighted by Crippen LogP contribution is -2.47. The van der Waals surface area contributed by atoms with Gasteiger partial charge in [-0.25, -0.2) is 0 Å². The van der Waals surface area contributed by atoms with Crippen LogP contribution in [0.5, 0.6) is 11.6 Å². The van der Waals surface area contributed by atoms with Crippen molar-refractivity contribution >= 4 is 11.7 Å². The van der Waals surface area contributed by atoms with Crippen LogP contribution in [0.1, 0.15) is 23.1 Å². The van der Waals surface area contributed by atoms with Gasteiger partial charge in [0.2, 0.25) is 5.88 Å². The molecular weight excluding hydrogens is 346 g/mol. The second-order valence-corrected chi connectivity index (χ2v) is 6.25. The van der Waals surface area contributed by atoms with Crippen molar-refractivity contribution < 1.29 is 14.3 Å². The molecule has 0 saturated heterocycles. The highest BCUT2D eigenvalue weighted by Gasteiger charge is 2.33. The van der Waals surface area contributed by atoms with Gasteiger partial charge in [-0.05, 0) is 25.1 Å². The minimum Gasteiger partial charge on any atom is -0.487 e. The molecule has 1 aliphatic rings. The number of hydrogen-bond donors (Lipinski definition) is 0. The molecule has 0 saturated carbocycles. The minimum absolute atomic E-state index is 0.116. The molecule has 0 bridgehead atoms. The summed E-state index contributed by atoms with van der Waals surface area (Å²) in [6.07, 6.45) is 3.06. The molecule has 138 valence electrons. The number of para-hydroxylation sites is 1. The zero-order valence-corrected chi connectivity index (χ0v) is 15.1. The first-order valence-electron chi connectivity index (χ1n) is 8.60. The van der Waals surface area contributed by atoms with Crippen molar-refractivity contribution in [2.75, 3.05) is 12.0 Å². The fourth-order valence-corrected chi connectivity index (χ4v) is 3.06. The van der Waals surface area contributed by atoms with E-state index >= 15 is 0 Å². The molecule has 27 heavy (non-hydrogen) atoms. The van der Waals surface area contributed by atoms with Gasteiger partial charge in [0, 0.05) is 0 Å². The summed E-state index contributed by atoms with van der Waals surface area (Å²) in [6.45, 7) is 2.81. The molecule has 1 aliphatic heterocycles. The van der Waals surface area contributed by atoms with Gasteiger partial charge in [-0.1, -0.05) is 18.2 Å². The van der Waals surface area contributed by atoms with Crippen molar-refractivity contribution in [3.63, 3.8) is 0 Å². The van der Waals surface area contributed by atoms with Crippen LogP contribution in [0, 0.1) is 0 Å². The molecule has 2 aromatic heterocycles. The molecule has 1 aromatic carbocycles. The molecule has 0 fully saturated rings. The Morgan fingerprint density at radius 1 is 1.22 bits per heavy atom. The van der Waals surface area contributed by atoms with Crippen LogP contribution in [0.25, 0.3) is 0 Å². The summed E-state index contributed by atoms with van der Waals surface area (Å²) in [7, 11) is 1.52. The maximum Gasteiger partial charge on any atom is 0.278 e. The molecule has 8 heteroatoms. The van der Waals surface area contributed by atoms with Gasteiger partial charge >= 0.3 is 0 Å². The minimum atomic E-state index is -0.172. The fraction of sp³-hybridized carbons (Fsp3) is 0.263. The molecule has 4 rings (SSSR count). The van der Waals surface area contributed by atoms with Crippen LogP contribution in [-0.4, -0.2) is 38.8 Å². The molecular formula is C19H19N5O3. The van der Waals surface area contributed by atoms with Gasteiger partial charge in [0.05, 0.1) is 32.1 Å². The number of carbonyl (C=O) groups is 1. The summed E-state index contributed by atoms with van der Waals surface area (Å²) in [6, 6.07) is 11.2. The van der Waals surface area contributed by atoms with Gasteiger partial charge in [0.15, 0.2) is 5.82 Å². The van der Waals surface area contributed by atoms with Crippen molar-refractivity contribution in [1.29, 1.82) is 0 Å². The van der Waals surface area contributed by atoms with Crippen LogP contribution < -0.4 is 14.4 Å². The lowest BCUT2D eigenvalue weighted by Gasteiger charge is -2.32. The van der Waals surface area contributed by atoms with E-state index in [1.807, 2.05) is 37.3 Å². The Labute approximate surface area is 156 Å². The quantitative estimate of drug-likeness (QED) is 0.690. The third-order valence-electron chi connectivity index (χ3n) is 4.33. The van der Waals surface area contributed by atoms with E-state index in [1.165, 1.54) is 13.3 Å². The maximum atomic E-state index is 13.0. The maximum absolute atomic E-state index is 13.0. The number of hydrogen-bond acceptors (Lipinski definition) is 6. The van der Waals surface area contributed by atoms with E-state index in [4.69, 9.17) is 9.47 Å². The third-order valence-corrected chi connectivity index (χ3v) is 4.33. The number of rotatable bonds is 5. The second kappa shape index (κ2) is 7.06. The van der Waals surface area contributed by atoms with Crippen molar-refractivity contribution in [2.24, 2.45) is 0 Å².